The molecule has 102 valence electrons. The van der Waals surface area contributed by atoms with Crippen molar-refractivity contribution in [3.63, 3.8) is 0 Å². The number of anilines is 1. The van der Waals surface area contributed by atoms with E-state index in [4.69, 9.17) is 0 Å². The molecule has 0 aliphatic carbocycles. The molecule has 6 heteroatoms. The van der Waals surface area contributed by atoms with Crippen molar-refractivity contribution in [3.8, 4) is 0 Å². The molecule has 6 nitrogen and oxygen atoms in total. The fourth-order valence-electron chi connectivity index (χ4n) is 1.88. The monoisotopic (exact) mass is 272 g/mol. The van der Waals surface area contributed by atoms with Crippen LogP contribution in [0.5, 0.6) is 0 Å². The van der Waals surface area contributed by atoms with Crippen LogP contribution in [0.2, 0.25) is 0 Å². The zero-order chi connectivity index (χ0) is 14.5. The van der Waals surface area contributed by atoms with Crippen LogP contribution in [0, 0.1) is 10.1 Å². The molecule has 0 radical (unpaired) electrons. The lowest BCUT2D eigenvalue weighted by Gasteiger charge is -2.05. The first kappa shape index (κ1) is 13.7. The Balaban J connectivity index is 2.31. The molecule has 0 atom stereocenters. The van der Waals surface area contributed by atoms with Gasteiger partial charge in [-0.3, -0.25) is 14.9 Å². The first-order valence-corrected chi connectivity index (χ1v) is 6.05. The minimum absolute atomic E-state index is 0.109. The minimum atomic E-state index is -0.509. The van der Waals surface area contributed by atoms with Crippen molar-refractivity contribution in [2.24, 2.45) is 0 Å². The van der Waals surface area contributed by atoms with E-state index in [0.717, 1.165) is 5.56 Å². The van der Waals surface area contributed by atoms with Crippen molar-refractivity contribution in [1.82, 2.24) is 0 Å². The number of hydrogen-bond donors (Lipinski definition) is 1. The molecule has 20 heavy (non-hydrogen) atoms. The zero-order valence-electron chi connectivity index (χ0n) is 10.9. The van der Waals surface area contributed by atoms with E-state index in [0.29, 0.717) is 6.54 Å². The van der Waals surface area contributed by atoms with E-state index in [2.05, 4.69) is 5.32 Å². The van der Waals surface area contributed by atoms with Gasteiger partial charge in [-0.1, -0.05) is 6.07 Å². The highest BCUT2D eigenvalue weighted by Gasteiger charge is 2.16. The molecule has 0 saturated carbocycles. The van der Waals surface area contributed by atoms with E-state index >= 15 is 0 Å². The van der Waals surface area contributed by atoms with E-state index < -0.39 is 4.92 Å². The van der Waals surface area contributed by atoms with Gasteiger partial charge in [-0.2, -0.15) is 0 Å². The Morgan fingerprint density at radius 2 is 2.00 bits per heavy atom. The standard InChI is InChI=1S/C14H13N3O3/c1-11(18)15-13-9-12(5-6-14(13)17(19)20)10-16-7-3-2-4-8-16/h2-9H,10H2,1H3/p+1. The Bertz CT molecular complexity index is 641. The summed E-state index contributed by atoms with van der Waals surface area (Å²) in [6, 6.07) is 10.4. The Hall–Kier alpha value is -2.76. The highest BCUT2D eigenvalue weighted by molar-refractivity contribution is 5.91. The SMILES string of the molecule is CC(=O)Nc1cc(C[n+]2ccccc2)ccc1[N+](=O)[O-]. The maximum atomic E-state index is 11.1. The molecule has 2 rings (SSSR count). The van der Waals surface area contributed by atoms with E-state index in [9.17, 15) is 14.9 Å². The van der Waals surface area contributed by atoms with Crippen LogP contribution < -0.4 is 9.88 Å². The van der Waals surface area contributed by atoms with Crippen LogP contribution in [0.4, 0.5) is 11.4 Å². The highest BCUT2D eigenvalue weighted by Crippen LogP contribution is 2.25. The van der Waals surface area contributed by atoms with Crippen LogP contribution in [0.15, 0.2) is 48.8 Å². The molecule has 0 fully saturated rings. The van der Waals surface area contributed by atoms with Crippen molar-refractivity contribution < 1.29 is 14.3 Å². The molecule has 0 aliphatic heterocycles. The van der Waals surface area contributed by atoms with Gasteiger partial charge in [0, 0.05) is 30.7 Å². The number of pyridine rings is 1. The molecule has 0 aliphatic rings. The van der Waals surface area contributed by atoms with Crippen molar-refractivity contribution in [3.05, 3.63) is 64.5 Å². The molecule has 1 aromatic carbocycles. The van der Waals surface area contributed by atoms with E-state index in [1.54, 1.807) is 12.1 Å². The third kappa shape index (κ3) is 3.38. The lowest BCUT2D eigenvalue weighted by molar-refractivity contribution is -0.688. The number of nitro benzene ring substituents is 1. The number of rotatable bonds is 4. The summed E-state index contributed by atoms with van der Waals surface area (Å²) < 4.78 is 1.94. The van der Waals surface area contributed by atoms with Crippen LogP contribution in [0.1, 0.15) is 12.5 Å². The first-order chi connectivity index (χ1) is 9.56. The van der Waals surface area contributed by atoms with Crippen LogP contribution in [-0.2, 0) is 11.3 Å². The maximum Gasteiger partial charge on any atom is 0.292 e. The summed E-state index contributed by atoms with van der Waals surface area (Å²) >= 11 is 0. The summed E-state index contributed by atoms with van der Waals surface area (Å²) in [5, 5.41) is 13.4. The van der Waals surface area contributed by atoms with Gasteiger partial charge in [-0.25, -0.2) is 4.57 Å². The van der Waals surface area contributed by atoms with Crippen LogP contribution in [0.25, 0.3) is 0 Å². The zero-order valence-corrected chi connectivity index (χ0v) is 10.9. The molecule has 2 aromatic rings. The average Bonchev–Trinajstić information content (AvgIpc) is 2.39. The predicted molar refractivity (Wildman–Crippen MR) is 73.1 cm³/mol. The third-order valence-electron chi connectivity index (χ3n) is 2.71. The lowest BCUT2D eigenvalue weighted by Crippen LogP contribution is -2.32. The number of benzene rings is 1. The molecule has 0 spiro atoms. The minimum Gasteiger partial charge on any atom is -0.321 e. The van der Waals surface area contributed by atoms with Gasteiger partial charge in [0.2, 0.25) is 5.91 Å². The summed E-state index contributed by atoms with van der Waals surface area (Å²) in [5.41, 5.74) is 0.981. The smallest absolute Gasteiger partial charge is 0.292 e. The molecular formula is C14H14N3O3+. The van der Waals surface area contributed by atoms with Gasteiger partial charge in [-0.15, -0.1) is 0 Å². The summed E-state index contributed by atoms with van der Waals surface area (Å²) in [5.74, 6) is -0.336. The third-order valence-corrected chi connectivity index (χ3v) is 2.71. The van der Waals surface area contributed by atoms with Gasteiger partial charge in [0.25, 0.3) is 5.69 Å². The number of carbonyl (C=O) groups excluding carboxylic acids is 1. The molecule has 0 saturated heterocycles. The lowest BCUT2D eigenvalue weighted by atomic mass is 10.1. The number of nitrogens with one attached hydrogen (secondary N) is 1. The fourth-order valence-corrected chi connectivity index (χ4v) is 1.88. The summed E-state index contributed by atoms with van der Waals surface area (Å²) in [6.45, 7) is 1.90. The molecule has 0 bridgehead atoms. The topological polar surface area (TPSA) is 76.1 Å². The van der Waals surface area contributed by atoms with E-state index in [-0.39, 0.29) is 17.3 Å². The van der Waals surface area contributed by atoms with Gasteiger partial charge in [0.1, 0.15) is 5.69 Å². The highest BCUT2D eigenvalue weighted by atomic mass is 16.6. The van der Waals surface area contributed by atoms with Crippen LogP contribution in [-0.4, -0.2) is 10.8 Å². The van der Waals surface area contributed by atoms with Gasteiger partial charge < -0.3 is 5.32 Å². The molecule has 1 amide bonds. The Labute approximate surface area is 115 Å². The first-order valence-electron chi connectivity index (χ1n) is 6.05. The number of nitro groups is 1. The largest absolute Gasteiger partial charge is 0.321 e. The number of amides is 1. The second kappa shape index (κ2) is 5.92. The summed E-state index contributed by atoms with van der Waals surface area (Å²) in [4.78, 5) is 21.5. The van der Waals surface area contributed by atoms with E-state index in [1.807, 2.05) is 35.2 Å². The van der Waals surface area contributed by atoms with Crippen molar-refractivity contribution in [2.75, 3.05) is 5.32 Å². The number of nitrogens with zero attached hydrogens (tertiary/aromatic N) is 2. The molecular weight excluding hydrogens is 258 g/mol. The van der Waals surface area contributed by atoms with Crippen molar-refractivity contribution >= 4 is 17.3 Å². The fraction of sp³-hybridized carbons (Fsp3) is 0.143. The summed E-state index contributed by atoms with van der Waals surface area (Å²) in [6.07, 6.45) is 3.80. The van der Waals surface area contributed by atoms with Gasteiger partial charge in [0.15, 0.2) is 18.9 Å². The number of aromatic nitrogens is 1. The van der Waals surface area contributed by atoms with Crippen molar-refractivity contribution in [2.45, 2.75) is 13.5 Å². The van der Waals surface area contributed by atoms with Gasteiger partial charge >= 0.3 is 0 Å². The molecule has 1 aromatic heterocycles. The summed E-state index contributed by atoms with van der Waals surface area (Å²) in [7, 11) is 0. The Morgan fingerprint density at radius 3 is 2.60 bits per heavy atom. The number of carbonyl (C=O) groups is 1. The predicted octanol–water partition coefficient (Wildman–Crippen LogP) is 1.89. The van der Waals surface area contributed by atoms with Crippen LogP contribution >= 0.6 is 0 Å². The Morgan fingerprint density at radius 1 is 1.30 bits per heavy atom. The number of hydrogen-bond acceptors (Lipinski definition) is 3. The van der Waals surface area contributed by atoms with E-state index in [1.165, 1.54) is 13.0 Å². The molecule has 0 unspecified atom stereocenters. The second-order valence-electron chi connectivity index (χ2n) is 4.34. The average molecular weight is 272 g/mol. The van der Waals surface area contributed by atoms with Gasteiger partial charge in [0.05, 0.1) is 4.92 Å². The maximum absolute atomic E-state index is 11.1. The van der Waals surface area contributed by atoms with Gasteiger partial charge in [-0.05, 0) is 12.1 Å². The van der Waals surface area contributed by atoms with Crippen LogP contribution in [0.3, 0.4) is 0 Å². The molecule has 1 N–H and O–H groups in total. The molecule has 1 heterocycles. The quantitative estimate of drug-likeness (QED) is 0.524. The van der Waals surface area contributed by atoms with Crippen molar-refractivity contribution in [1.29, 1.82) is 0 Å². The second-order valence-corrected chi connectivity index (χ2v) is 4.34. The Kier molecular flexibility index (Phi) is 4.05. The normalized spacial score (nSPS) is 10.1.